The van der Waals surface area contributed by atoms with Crippen LogP contribution in [0.3, 0.4) is 0 Å². The van der Waals surface area contributed by atoms with Crippen molar-refractivity contribution in [2.75, 3.05) is 11.6 Å². The zero-order chi connectivity index (χ0) is 16.2. The van der Waals surface area contributed by atoms with Gasteiger partial charge in [-0.1, -0.05) is 53.5 Å². The first-order chi connectivity index (χ1) is 9.68. The molecule has 0 aliphatic carbocycles. The highest BCUT2D eigenvalue weighted by Crippen LogP contribution is 2.30. The molecule has 0 radical (unpaired) electrons. The van der Waals surface area contributed by atoms with Gasteiger partial charge in [0.15, 0.2) is 15.9 Å². The van der Waals surface area contributed by atoms with Gasteiger partial charge in [-0.3, -0.25) is 20.2 Å². The third kappa shape index (κ3) is 5.30. The van der Waals surface area contributed by atoms with Crippen molar-refractivity contribution in [2.45, 2.75) is 21.5 Å². The van der Waals surface area contributed by atoms with E-state index in [-0.39, 0.29) is 18.0 Å². The molecule has 0 atom stereocenters. The summed E-state index contributed by atoms with van der Waals surface area (Å²) in [6, 6.07) is -0.936. The Bertz CT molecular complexity index is 572. The number of rotatable bonds is 4. The van der Waals surface area contributed by atoms with Gasteiger partial charge >= 0.3 is 6.03 Å². The molecule has 0 spiro atoms. The van der Waals surface area contributed by atoms with Crippen molar-refractivity contribution in [3.8, 4) is 0 Å². The Morgan fingerprint density at radius 3 is 2.43 bits per heavy atom. The number of hydrogen-bond acceptors (Lipinski definition) is 6. The molecule has 0 saturated heterocycles. The molecule has 0 saturated carbocycles. The smallest absolute Gasteiger partial charge is 0.293 e. The minimum absolute atomic E-state index is 0.0748. The first-order valence-electron chi connectivity index (χ1n) is 5.46. The summed E-state index contributed by atoms with van der Waals surface area (Å²) in [6.45, 7) is 1.69. The van der Waals surface area contributed by atoms with Crippen LogP contribution in [0.5, 0.6) is 0 Å². The van der Waals surface area contributed by atoms with Crippen molar-refractivity contribution in [3.05, 3.63) is 4.88 Å². The average Bonchev–Trinajstić information content (AvgIpc) is 2.79. The molecule has 21 heavy (non-hydrogen) atoms. The van der Waals surface area contributed by atoms with E-state index in [0.717, 1.165) is 11.3 Å². The van der Waals surface area contributed by atoms with Crippen LogP contribution in [0.4, 0.5) is 10.6 Å². The lowest BCUT2D eigenvalue weighted by Gasteiger charge is -2.10. The van der Waals surface area contributed by atoms with Crippen LogP contribution >= 0.6 is 57.9 Å². The normalized spacial score (nSPS) is 11.1. The van der Waals surface area contributed by atoms with Gasteiger partial charge in [0.1, 0.15) is 4.88 Å². The van der Waals surface area contributed by atoms with E-state index in [4.69, 9.17) is 34.8 Å². The highest BCUT2D eigenvalue weighted by molar-refractivity contribution is 8.00. The van der Waals surface area contributed by atoms with Crippen molar-refractivity contribution < 1.29 is 14.4 Å². The molecular weight excluding hydrogens is 381 g/mol. The van der Waals surface area contributed by atoms with Gasteiger partial charge in [-0.05, 0) is 6.26 Å². The van der Waals surface area contributed by atoms with Crippen LogP contribution in [0.15, 0.2) is 4.34 Å². The molecule has 0 aliphatic rings. The second-order valence-electron chi connectivity index (χ2n) is 3.54. The summed E-state index contributed by atoms with van der Waals surface area (Å²) < 4.78 is -1.65. The number of nitrogens with one attached hydrogen (secondary N) is 2. The first-order valence-corrected chi connectivity index (χ1v) is 8.63. The molecule has 1 aromatic heterocycles. The van der Waals surface area contributed by atoms with Crippen LogP contribution in [-0.2, 0) is 4.79 Å². The van der Waals surface area contributed by atoms with Gasteiger partial charge in [0.2, 0.25) is 0 Å². The van der Waals surface area contributed by atoms with Gasteiger partial charge in [-0.15, -0.1) is 11.3 Å². The number of anilines is 1. The molecule has 0 fully saturated rings. The van der Waals surface area contributed by atoms with Gasteiger partial charge in [-0.25, -0.2) is 9.78 Å². The number of alkyl halides is 3. The van der Waals surface area contributed by atoms with Crippen LogP contribution in [-0.4, -0.2) is 32.8 Å². The summed E-state index contributed by atoms with van der Waals surface area (Å²) in [5, 5.41) is 4.14. The van der Waals surface area contributed by atoms with E-state index in [1.807, 2.05) is 5.32 Å². The van der Waals surface area contributed by atoms with Crippen LogP contribution in [0.2, 0.25) is 0 Å². The number of Topliss-reactive ketones (excluding diaryl/α,β-unsaturated/α-hetero) is 1. The maximum Gasteiger partial charge on any atom is 0.327 e. The van der Waals surface area contributed by atoms with Crippen molar-refractivity contribution in [1.29, 1.82) is 0 Å². The van der Waals surface area contributed by atoms with Crippen molar-refractivity contribution in [1.82, 2.24) is 10.3 Å². The van der Waals surface area contributed by atoms with Crippen molar-refractivity contribution >= 4 is 81.4 Å². The van der Waals surface area contributed by atoms with E-state index in [2.05, 4.69) is 10.3 Å². The van der Waals surface area contributed by atoms with Crippen molar-refractivity contribution in [3.63, 3.8) is 0 Å². The topological polar surface area (TPSA) is 88.2 Å². The van der Waals surface area contributed by atoms with E-state index >= 15 is 0 Å². The van der Waals surface area contributed by atoms with Gasteiger partial charge in [0.25, 0.3) is 9.70 Å². The molecule has 3 amide bonds. The number of thioether (sulfide) groups is 1. The summed E-state index contributed by atoms with van der Waals surface area (Å²) in [5.74, 6) is -1.20. The van der Waals surface area contributed by atoms with E-state index in [0.29, 0.717) is 9.22 Å². The number of nitrogens with zero attached hydrogens (tertiary/aromatic N) is 1. The number of aromatic nitrogens is 1. The fourth-order valence-corrected chi connectivity index (χ4v) is 2.81. The molecule has 6 nitrogen and oxygen atoms in total. The summed E-state index contributed by atoms with van der Waals surface area (Å²) >= 11 is 18.5. The van der Waals surface area contributed by atoms with Gasteiger partial charge in [0.05, 0.1) is 0 Å². The van der Waals surface area contributed by atoms with Gasteiger partial charge in [0, 0.05) is 6.42 Å². The third-order valence-electron chi connectivity index (χ3n) is 2.07. The Balaban J connectivity index is 2.87. The predicted molar refractivity (Wildman–Crippen MR) is 86.0 cm³/mol. The highest BCUT2D eigenvalue weighted by atomic mass is 35.6. The number of carbonyl (C=O) groups excluding carboxylic acids is 3. The molecule has 0 aliphatic heterocycles. The minimum Gasteiger partial charge on any atom is -0.293 e. The standard InChI is InChI=1S/C10H10Cl3N3O3S2/c1-3-4(17)5-6(15-9(20-2)21-5)14-8(19)16-7(18)10(11,12)13/h3H2,1-2H3,(H2,14,16,18,19). The van der Waals surface area contributed by atoms with E-state index in [1.54, 1.807) is 13.2 Å². The lowest BCUT2D eigenvalue weighted by atomic mass is 10.2. The van der Waals surface area contributed by atoms with Crippen LogP contribution in [0.25, 0.3) is 0 Å². The second kappa shape index (κ2) is 7.64. The number of urea groups is 1. The summed E-state index contributed by atoms with van der Waals surface area (Å²) in [4.78, 5) is 39.2. The van der Waals surface area contributed by atoms with Crippen LogP contribution < -0.4 is 10.6 Å². The van der Waals surface area contributed by atoms with Gasteiger partial charge < -0.3 is 0 Å². The Kier molecular flexibility index (Phi) is 6.73. The van der Waals surface area contributed by atoms with E-state index in [9.17, 15) is 14.4 Å². The third-order valence-corrected chi connectivity index (χ3v) is 4.67. The number of amides is 3. The van der Waals surface area contributed by atoms with Crippen molar-refractivity contribution in [2.24, 2.45) is 0 Å². The molecule has 1 aromatic rings. The monoisotopic (exact) mass is 389 g/mol. The van der Waals surface area contributed by atoms with E-state index < -0.39 is 15.7 Å². The predicted octanol–water partition coefficient (Wildman–Crippen LogP) is 3.48. The number of hydrogen-bond donors (Lipinski definition) is 2. The average molecular weight is 391 g/mol. The summed E-state index contributed by atoms with van der Waals surface area (Å²) in [5.41, 5.74) is 0. The van der Waals surface area contributed by atoms with E-state index in [1.165, 1.54) is 11.8 Å². The number of halogens is 3. The Labute approximate surface area is 143 Å². The lowest BCUT2D eigenvalue weighted by Crippen LogP contribution is -2.41. The largest absolute Gasteiger partial charge is 0.327 e. The second-order valence-corrected chi connectivity index (χ2v) is 7.88. The van der Waals surface area contributed by atoms with Crippen LogP contribution in [0, 0.1) is 0 Å². The number of carbonyl (C=O) groups is 3. The van der Waals surface area contributed by atoms with Crippen LogP contribution in [0.1, 0.15) is 23.0 Å². The summed E-state index contributed by atoms with van der Waals surface area (Å²) in [7, 11) is 0. The zero-order valence-corrected chi connectivity index (χ0v) is 14.7. The Hall–Kier alpha value is -0.540. The molecule has 11 heteroatoms. The van der Waals surface area contributed by atoms with Gasteiger partial charge in [-0.2, -0.15) is 0 Å². The fourth-order valence-electron chi connectivity index (χ4n) is 1.13. The fraction of sp³-hybridized carbons (Fsp3) is 0.400. The maximum absolute atomic E-state index is 11.8. The SMILES string of the molecule is CCC(=O)c1sc(SC)nc1NC(=O)NC(=O)C(Cl)(Cl)Cl. The molecule has 1 heterocycles. The zero-order valence-electron chi connectivity index (χ0n) is 10.8. The molecule has 2 N–H and O–H groups in total. The quantitative estimate of drug-likeness (QED) is 0.467. The molecule has 116 valence electrons. The maximum atomic E-state index is 11.8. The molecule has 1 rings (SSSR count). The molecule has 0 bridgehead atoms. The molecule has 0 unspecified atom stereocenters. The summed E-state index contributed by atoms with van der Waals surface area (Å²) in [6.07, 6.45) is 2.05. The lowest BCUT2D eigenvalue weighted by molar-refractivity contribution is -0.119. The first kappa shape index (κ1) is 18.5. The minimum atomic E-state index is -2.26. The molecule has 0 aromatic carbocycles. The number of ketones is 1. The Morgan fingerprint density at radius 2 is 1.95 bits per heavy atom. The molecular formula is C10H10Cl3N3O3S2. The highest BCUT2D eigenvalue weighted by Gasteiger charge is 2.32. The number of thiazole rings is 1. The number of imide groups is 1. The Morgan fingerprint density at radius 1 is 1.33 bits per heavy atom.